The topological polar surface area (TPSA) is 78.6 Å². The van der Waals surface area contributed by atoms with Crippen LogP contribution in [0.1, 0.15) is 52.2 Å². The molecule has 0 saturated heterocycles. The molecule has 2 rings (SSSR count). The van der Waals surface area contributed by atoms with Crippen LogP contribution in [0.2, 0.25) is 0 Å². The molecule has 0 saturated carbocycles. The number of esters is 1. The summed E-state index contributed by atoms with van der Waals surface area (Å²) in [4.78, 5) is 22.9. The van der Waals surface area contributed by atoms with Gasteiger partial charge in [0.15, 0.2) is 5.60 Å². The van der Waals surface area contributed by atoms with Gasteiger partial charge in [-0.2, -0.15) is 0 Å². The van der Waals surface area contributed by atoms with Crippen molar-refractivity contribution < 1.29 is 19.1 Å². The monoisotopic (exact) mass is 305 g/mol. The lowest BCUT2D eigenvalue weighted by Gasteiger charge is -2.34. The lowest BCUT2D eigenvalue weighted by atomic mass is 9.83. The molecular formula is C17H23NO4. The van der Waals surface area contributed by atoms with Crippen LogP contribution >= 0.6 is 0 Å². The van der Waals surface area contributed by atoms with Gasteiger partial charge in [-0.25, -0.2) is 0 Å². The van der Waals surface area contributed by atoms with Gasteiger partial charge in [0.1, 0.15) is 11.5 Å². The molecule has 2 N–H and O–H groups in total. The summed E-state index contributed by atoms with van der Waals surface area (Å²) in [6.45, 7) is 9.16. The smallest absolute Gasteiger partial charge is 0.308 e. The van der Waals surface area contributed by atoms with Crippen molar-refractivity contribution in [2.24, 2.45) is 5.73 Å². The SMILES string of the molecule is CC(=O)Oc1cc2c(cc1C(C)(C)C)OC(C)(C(N)=O)CC2. The van der Waals surface area contributed by atoms with Gasteiger partial charge in [-0.1, -0.05) is 20.8 Å². The van der Waals surface area contributed by atoms with E-state index in [0.717, 1.165) is 11.1 Å². The fraction of sp³-hybridized carbons (Fsp3) is 0.529. The van der Waals surface area contributed by atoms with Crippen LogP contribution in [0, 0.1) is 0 Å². The first-order valence-corrected chi connectivity index (χ1v) is 7.38. The van der Waals surface area contributed by atoms with E-state index in [-0.39, 0.29) is 11.4 Å². The average Bonchev–Trinajstić information content (AvgIpc) is 2.36. The zero-order chi connectivity index (χ0) is 16.7. The van der Waals surface area contributed by atoms with Crippen LogP contribution in [0.5, 0.6) is 11.5 Å². The Labute approximate surface area is 130 Å². The Morgan fingerprint density at radius 1 is 1.32 bits per heavy atom. The van der Waals surface area contributed by atoms with Gasteiger partial charge in [-0.3, -0.25) is 9.59 Å². The van der Waals surface area contributed by atoms with Crippen molar-refractivity contribution in [2.45, 2.75) is 58.5 Å². The van der Waals surface area contributed by atoms with Gasteiger partial charge in [0.05, 0.1) is 0 Å². The van der Waals surface area contributed by atoms with Crippen molar-refractivity contribution in [1.82, 2.24) is 0 Å². The van der Waals surface area contributed by atoms with E-state index in [0.29, 0.717) is 24.3 Å². The van der Waals surface area contributed by atoms with E-state index >= 15 is 0 Å². The molecule has 1 aromatic rings. The van der Waals surface area contributed by atoms with E-state index < -0.39 is 11.5 Å². The molecule has 0 aliphatic carbocycles. The van der Waals surface area contributed by atoms with Crippen LogP contribution in [0.3, 0.4) is 0 Å². The molecule has 22 heavy (non-hydrogen) atoms. The molecule has 0 spiro atoms. The third kappa shape index (κ3) is 3.08. The first kappa shape index (κ1) is 16.3. The highest BCUT2D eigenvalue weighted by Crippen LogP contribution is 2.41. The summed E-state index contributed by atoms with van der Waals surface area (Å²) < 4.78 is 11.2. The number of fused-ring (bicyclic) bond motifs is 1. The summed E-state index contributed by atoms with van der Waals surface area (Å²) in [7, 11) is 0. The van der Waals surface area contributed by atoms with E-state index in [1.165, 1.54) is 6.92 Å². The molecule has 1 amide bonds. The van der Waals surface area contributed by atoms with E-state index in [9.17, 15) is 9.59 Å². The first-order chi connectivity index (χ1) is 10.0. The molecule has 1 aliphatic heterocycles. The number of ether oxygens (including phenoxy) is 2. The quantitative estimate of drug-likeness (QED) is 0.672. The number of hydrogen-bond acceptors (Lipinski definition) is 4. The van der Waals surface area contributed by atoms with Gasteiger partial charge in [0.2, 0.25) is 0 Å². The van der Waals surface area contributed by atoms with Crippen molar-refractivity contribution in [3.8, 4) is 11.5 Å². The van der Waals surface area contributed by atoms with Crippen LogP contribution in [0.25, 0.3) is 0 Å². The van der Waals surface area contributed by atoms with Gasteiger partial charge in [-0.05, 0) is 36.5 Å². The molecule has 1 aliphatic rings. The molecule has 0 aromatic heterocycles. The second-order valence-corrected chi connectivity index (χ2v) is 7.00. The Kier molecular flexibility index (Phi) is 3.94. The highest BCUT2D eigenvalue weighted by molar-refractivity contribution is 5.84. The Morgan fingerprint density at radius 3 is 2.45 bits per heavy atom. The van der Waals surface area contributed by atoms with Crippen LogP contribution in [0.4, 0.5) is 0 Å². The second-order valence-electron chi connectivity index (χ2n) is 7.00. The fourth-order valence-corrected chi connectivity index (χ4v) is 2.56. The molecule has 0 fully saturated rings. The normalized spacial score (nSPS) is 20.8. The number of carbonyl (C=O) groups excluding carboxylic acids is 2. The number of benzene rings is 1. The molecule has 1 heterocycles. The minimum atomic E-state index is -0.995. The lowest BCUT2D eigenvalue weighted by Crippen LogP contribution is -2.48. The van der Waals surface area contributed by atoms with Crippen LogP contribution in [-0.2, 0) is 21.4 Å². The highest BCUT2D eigenvalue weighted by atomic mass is 16.5. The summed E-state index contributed by atoms with van der Waals surface area (Å²) in [5, 5.41) is 0. The van der Waals surface area contributed by atoms with Crippen molar-refractivity contribution in [3.63, 3.8) is 0 Å². The molecule has 120 valence electrons. The summed E-state index contributed by atoms with van der Waals surface area (Å²) in [5.74, 6) is 0.349. The standard InChI is InChI=1S/C17H23NO4/c1-10(19)21-14-8-11-6-7-17(5,15(18)20)22-13(11)9-12(14)16(2,3)4/h8-9H,6-7H2,1-5H3,(H2,18,20). The van der Waals surface area contributed by atoms with Gasteiger partial charge in [-0.15, -0.1) is 0 Å². The third-order valence-electron chi connectivity index (χ3n) is 3.95. The molecule has 1 unspecified atom stereocenters. The molecular weight excluding hydrogens is 282 g/mol. The van der Waals surface area contributed by atoms with Gasteiger partial charge in [0, 0.05) is 18.9 Å². The average molecular weight is 305 g/mol. The second kappa shape index (κ2) is 5.30. The summed E-state index contributed by atoms with van der Waals surface area (Å²) in [6, 6.07) is 3.69. The van der Waals surface area contributed by atoms with Crippen LogP contribution in [-0.4, -0.2) is 17.5 Å². The van der Waals surface area contributed by atoms with E-state index in [4.69, 9.17) is 15.2 Å². The van der Waals surface area contributed by atoms with Crippen molar-refractivity contribution in [2.75, 3.05) is 0 Å². The van der Waals surface area contributed by atoms with E-state index in [2.05, 4.69) is 0 Å². The zero-order valence-corrected chi connectivity index (χ0v) is 13.8. The van der Waals surface area contributed by atoms with Crippen molar-refractivity contribution >= 4 is 11.9 Å². The molecule has 0 bridgehead atoms. The van der Waals surface area contributed by atoms with Gasteiger partial charge in [0.25, 0.3) is 5.91 Å². The van der Waals surface area contributed by atoms with Gasteiger partial charge >= 0.3 is 5.97 Å². The summed E-state index contributed by atoms with van der Waals surface area (Å²) >= 11 is 0. The maximum atomic E-state index is 11.6. The number of primary amides is 1. The number of hydrogen-bond donors (Lipinski definition) is 1. The number of rotatable bonds is 2. The molecule has 5 heteroatoms. The maximum absolute atomic E-state index is 11.6. The van der Waals surface area contributed by atoms with Crippen molar-refractivity contribution in [1.29, 1.82) is 0 Å². The van der Waals surface area contributed by atoms with E-state index in [1.807, 2.05) is 32.9 Å². The predicted octanol–water partition coefficient (Wildman–Crippen LogP) is 2.48. The molecule has 1 atom stereocenters. The predicted molar refractivity (Wildman–Crippen MR) is 83.0 cm³/mol. The number of amides is 1. The maximum Gasteiger partial charge on any atom is 0.308 e. The fourth-order valence-electron chi connectivity index (χ4n) is 2.56. The number of aryl methyl sites for hydroxylation is 1. The Bertz CT molecular complexity index is 630. The summed E-state index contributed by atoms with van der Waals surface area (Å²) in [6.07, 6.45) is 1.15. The molecule has 1 aromatic carbocycles. The van der Waals surface area contributed by atoms with Crippen LogP contribution in [0.15, 0.2) is 12.1 Å². The van der Waals surface area contributed by atoms with Crippen LogP contribution < -0.4 is 15.2 Å². The molecule has 5 nitrogen and oxygen atoms in total. The van der Waals surface area contributed by atoms with Gasteiger partial charge < -0.3 is 15.2 Å². The molecule has 0 radical (unpaired) electrons. The number of carbonyl (C=O) groups is 2. The first-order valence-electron chi connectivity index (χ1n) is 7.38. The van der Waals surface area contributed by atoms with Crippen molar-refractivity contribution in [3.05, 3.63) is 23.3 Å². The highest BCUT2D eigenvalue weighted by Gasteiger charge is 2.38. The minimum Gasteiger partial charge on any atom is -0.477 e. The van der Waals surface area contributed by atoms with E-state index in [1.54, 1.807) is 6.92 Å². The Hall–Kier alpha value is -2.04. The number of nitrogens with two attached hydrogens (primary N) is 1. The lowest BCUT2D eigenvalue weighted by molar-refractivity contribution is -0.133. The minimum absolute atomic E-state index is 0.232. The Morgan fingerprint density at radius 2 is 1.95 bits per heavy atom. The Balaban J connectivity index is 2.52. The zero-order valence-electron chi connectivity index (χ0n) is 13.8. The summed E-state index contributed by atoms with van der Waals surface area (Å²) in [5.41, 5.74) is 5.99. The largest absolute Gasteiger partial charge is 0.477 e. The third-order valence-corrected chi connectivity index (χ3v) is 3.95.